The molecule has 1 fully saturated rings. The average molecular weight is 242 g/mol. The molecule has 0 spiro atoms. The van der Waals surface area contributed by atoms with Gasteiger partial charge in [-0.1, -0.05) is 20.8 Å². The summed E-state index contributed by atoms with van der Waals surface area (Å²) in [6.07, 6.45) is 1.48. The first-order valence-electron chi connectivity index (χ1n) is 6.58. The minimum atomic E-state index is -0.394. The lowest BCUT2D eigenvalue weighted by Gasteiger charge is -2.35. The van der Waals surface area contributed by atoms with Gasteiger partial charge in [-0.2, -0.15) is 0 Å². The van der Waals surface area contributed by atoms with Crippen molar-refractivity contribution in [1.29, 1.82) is 0 Å². The van der Waals surface area contributed by atoms with Gasteiger partial charge < -0.3 is 15.8 Å². The zero-order valence-electron chi connectivity index (χ0n) is 11.3. The lowest BCUT2D eigenvalue weighted by Crippen LogP contribution is -2.50. The second-order valence-corrected chi connectivity index (χ2v) is 5.53. The van der Waals surface area contributed by atoms with Crippen molar-refractivity contribution >= 4 is 5.91 Å². The molecule has 0 aliphatic carbocycles. The molecule has 0 bridgehead atoms. The van der Waals surface area contributed by atoms with E-state index in [2.05, 4.69) is 26.1 Å². The molecule has 17 heavy (non-hydrogen) atoms. The van der Waals surface area contributed by atoms with Crippen LogP contribution in [0.1, 0.15) is 33.6 Å². The SMILES string of the molecule is CC(C)C(C)CNC(=O)C1(CN)CCOCC1. The van der Waals surface area contributed by atoms with Gasteiger partial charge in [0.05, 0.1) is 5.41 Å². The molecule has 0 aromatic carbocycles. The molecule has 1 unspecified atom stereocenters. The summed E-state index contributed by atoms with van der Waals surface area (Å²) < 4.78 is 5.31. The van der Waals surface area contributed by atoms with Crippen LogP contribution in [0.15, 0.2) is 0 Å². The van der Waals surface area contributed by atoms with Gasteiger partial charge in [0.15, 0.2) is 0 Å². The van der Waals surface area contributed by atoms with Crippen molar-refractivity contribution in [2.24, 2.45) is 23.0 Å². The topological polar surface area (TPSA) is 64.4 Å². The van der Waals surface area contributed by atoms with Crippen molar-refractivity contribution in [2.75, 3.05) is 26.3 Å². The van der Waals surface area contributed by atoms with Crippen LogP contribution in [0.25, 0.3) is 0 Å². The number of hydrogen-bond acceptors (Lipinski definition) is 3. The summed E-state index contributed by atoms with van der Waals surface area (Å²) in [5, 5.41) is 3.05. The molecular formula is C13H26N2O2. The van der Waals surface area contributed by atoms with E-state index in [9.17, 15) is 4.79 Å². The van der Waals surface area contributed by atoms with Gasteiger partial charge in [0.2, 0.25) is 5.91 Å². The Hall–Kier alpha value is -0.610. The van der Waals surface area contributed by atoms with Crippen LogP contribution in [0.3, 0.4) is 0 Å². The lowest BCUT2D eigenvalue weighted by atomic mass is 9.79. The highest BCUT2D eigenvalue weighted by atomic mass is 16.5. The van der Waals surface area contributed by atoms with Crippen LogP contribution in [-0.4, -0.2) is 32.2 Å². The van der Waals surface area contributed by atoms with Crippen molar-refractivity contribution in [2.45, 2.75) is 33.6 Å². The van der Waals surface area contributed by atoms with Crippen molar-refractivity contribution in [3.63, 3.8) is 0 Å². The normalized spacial score (nSPS) is 21.2. The summed E-state index contributed by atoms with van der Waals surface area (Å²) in [7, 11) is 0. The third-order valence-electron chi connectivity index (χ3n) is 4.04. The van der Waals surface area contributed by atoms with E-state index in [1.165, 1.54) is 0 Å². The maximum Gasteiger partial charge on any atom is 0.227 e. The lowest BCUT2D eigenvalue weighted by molar-refractivity contribution is -0.136. The zero-order valence-corrected chi connectivity index (χ0v) is 11.3. The summed E-state index contributed by atoms with van der Waals surface area (Å²) in [6, 6.07) is 0. The Labute approximate surface area is 104 Å². The maximum absolute atomic E-state index is 12.2. The Kier molecular flexibility index (Phi) is 5.40. The Balaban J connectivity index is 2.49. The van der Waals surface area contributed by atoms with E-state index in [0.29, 0.717) is 31.6 Å². The molecule has 1 rings (SSSR count). The first kappa shape index (κ1) is 14.5. The fourth-order valence-corrected chi connectivity index (χ4v) is 1.96. The van der Waals surface area contributed by atoms with Crippen LogP contribution in [0.4, 0.5) is 0 Å². The summed E-state index contributed by atoms with van der Waals surface area (Å²) in [6.45, 7) is 8.93. The molecule has 0 aromatic rings. The van der Waals surface area contributed by atoms with Crippen molar-refractivity contribution < 1.29 is 9.53 Å². The van der Waals surface area contributed by atoms with E-state index in [4.69, 9.17) is 10.5 Å². The molecule has 1 heterocycles. The van der Waals surface area contributed by atoms with Crippen molar-refractivity contribution in [3.8, 4) is 0 Å². The highest BCUT2D eigenvalue weighted by molar-refractivity contribution is 5.83. The number of rotatable bonds is 5. The highest BCUT2D eigenvalue weighted by Gasteiger charge is 2.38. The fraction of sp³-hybridized carbons (Fsp3) is 0.923. The molecule has 0 aromatic heterocycles. The predicted molar refractivity (Wildman–Crippen MR) is 68.6 cm³/mol. The van der Waals surface area contributed by atoms with E-state index >= 15 is 0 Å². The molecule has 1 saturated heterocycles. The third kappa shape index (κ3) is 3.68. The Morgan fingerprint density at radius 2 is 1.94 bits per heavy atom. The van der Waals surface area contributed by atoms with Gasteiger partial charge in [0, 0.05) is 26.3 Å². The van der Waals surface area contributed by atoms with Gasteiger partial charge in [-0.05, 0) is 24.7 Å². The van der Waals surface area contributed by atoms with Crippen LogP contribution in [0.5, 0.6) is 0 Å². The van der Waals surface area contributed by atoms with E-state index in [0.717, 1.165) is 19.4 Å². The molecule has 100 valence electrons. The molecule has 4 nitrogen and oxygen atoms in total. The summed E-state index contributed by atoms with van der Waals surface area (Å²) in [4.78, 5) is 12.2. The molecule has 1 amide bonds. The summed E-state index contributed by atoms with van der Waals surface area (Å²) >= 11 is 0. The molecule has 3 N–H and O–H groups in total. The fourth-order valence-electron chi connectivity index (χ4n) is 1.96. The zero-order chi connectivity index (χ0) is 12.9. The van der Waals surface area contributed by atoms with Crippen LogP contribution < -0.4 is 11.1 Å². The molecule has 4 heteroatoms. The molecule has 0 radical (unpaired) electrons. The standard InChI is InChI=1S/C13H26N2O2/c1-10(2)11(3)8-15-12(16)13(9-14)4-6-17-7-5-13/h10-11H,4-9,14H2,1-3H3,(H,15,16). The van der Waals surface area contributed by atoms with E-state index in [1.807, 2.05) is 0 Å². The second-order valence-electron chi connectivity index (χ2n) is 5.53. The monoisotopic (exact) mass is 242 g/mol. The van der Waals surface area contributed by atoms with Crippen LogP contribution >= 0.6 is 0 Å². The summed E-state index contributed by atoms with van der Waals surface area (Å²) in [5.74, 6) is 1.18. The molecule has 1 aliphatic heterocycles. The van der Waals surface area contributed by atoms with Gasteiger partial charge in [-0.3, -0.25) is 4.79 Å². The largest absolute Gasteiger partial charge is 0.381 e. The van der Waals surface area contributed by atoms with Crippen molar-refractivity contribution in [1.82, 2.24) is 5.32 Å². The predicted octanol–water partition coefficient (Wildman–Crippen LogP) is 1.15. The number of amides is 1. The maximum atomic E-state index is 12.2. The quantitative estimate of drug-likeness (QED) is 0.760. The number of ether oxygens (including phenoxy) is 1. The van der Waals surface area contributed by atoms with E-state index in [-0.39, 0.29) is 5.91 Å². The molecule has 1 atom stereocenters. The van der Waals surface area contributed by atoms with Gasteiger partial charge in [-0.25, -0.2) is 0 Å². The number of nitrogens with two attached hydrogens (primary N) is 1. The smallest absolute Gasteiger partial charge is 0.227 e. The van der Waals surface area contributed by atoms with E-state index in [1.54, 1.807) is 0 Å². The first-order chi connectivity index (χ1) is 8.02. The second kappa shape index (κ2) is 6.36. The van der Waals surface area contributed by atoms with Gasteiger partial charge in [-0.15, -0.1) is 0 Å². The first-order valence-corrected chi connectivity index (χ1v) is 6.58. The minimum absolute atomic E-state index is 0.107. The minimum Gasteiger partial charge on any atom is -0.381 e. The third-order valence-corrected chi connectivity index (χ3v) is 4.04. The Morgan fingerprint density at radius 3 is 2.41 bits per heavy atom. The van der Waals surface area contributed by atoms with E-state index < -0.39 is 5.41 Å². The average Bonchev–Trinajstić information content (AvgIpc) is 2.36. The van der Waals surface area contributed by atoms with Crippen molar-refractivity contribution in [3.05, 3.63) is 0 Å². The Bertz CT molecular complexity index is 248. The number of carbonyl (C=O) groups excluding carboxylic acids is 1. The van der Waals surface area contributed by atoms with Gasteiger partial charge >= 0.3 is 0 Å². The number of nitrogens with one attached hydrogen (secondary N) is 1. The molecule has 0 saturated carbocycles. The van der Waals surface area contributed by atoms with Crippen LogP contribution in [0.2, 0.25) is 0 Å². The van der Waals surface area contributed by atoms with Crippen LogP contribution in [0, 0.1) is 17.3 Å². The van der Waals surface area contributed by atoms with Gasteiger partial charge in [0.25, 0.3) is 0 Å². The highest BCUT2D eigenvalue weighted by Crippen LogP contribution is 2.29. The number of carbonyl (C=O) groups is 1. The number of hydrogen-bond donors (Lipinski definition) is 2. The molecule has 1 aliphatic rings. The Morgan fingerprint density at radius 1 is 1.35 bits per heavy atom. The van der Waals surface area contributed by atoms with Gasteiger partial charge in [0.1, 0.15) is 0 Å². The molecular weight excluding hydrogens is 216 g/mol. The summed E-state index contributed by atoms with van der Waals surface area (Å²) in [5.41, 5.74) is 5.40. The van der Waals surface area contributed by atoms with Crippen LogP contribution in [-0.2, 0) is 9.53 Å².